The van der Waals surface area contributed by atoms with E-state index in [1.54, 1.807) is 12.5 Å². The van der Waals surface area contributed by atoms with Crippen molar-refractivity contribution in [2.45, 2.75) is 0 Å². The molecule has 2 aromatic rings. The van der Waals surface area contributed by atoms with Gasteiger partial charge in [0.1, 0.15) is 6.07 Å². The summed E-state index contributed by atoms with van der Waals surface area (Å²) in [5.41, 5.74) is 1.50. The number of rotatable bonds is 1. The molecular weight excluding hydrogens is 234 g/mol. The van der Waals surface area contributed by atoms with Crippen molar-refractivity contribution >= 4 is 22.8 Å². The number of anilines is 1. The van der Waals surface area contributed by atoms with Crippen LogP contribution in [0.2, 0.25) is 0 Å². The van der Waals surface area contributed by atoms with Crippen LogP contribution < -0.4 is 4.90 Å². The number of fused-ring (bicyclic) bond motifs is 1. The summed E-state index contributed by atoms with van der Waals surface area (Å²) < 4.78 is 0. The van der Waals surface area contributed by atoms with Crippen LogP contribution in [-0.2, 0) is 0 Å². The minimum Gasteiger partial charge on any atom is -0.307 e. The van der Waals surface area contributed by atoms with Crippen LogP contribution in [0.15, 0.2) is 65.9 Å². The van der Waals surface area contributed by atoms with E-state index in [4.69, 9.17) is 0 Å². The predicted molar refractivity (Wildman–Crippen MR) is 77.9 cm³/mol. The van der Waals surface area contributed by atoms with Gasteiger partial charge in [0.05, 0.1) is 17.6 Å². The van der Waals surface area contributed by atoms with E-state index in [0.717, 1.165) is 16.5 Å². The highest BCUT2D eigenvalue weighted by molar-refractivity contribution is 5.96. The molecule has 1 aliphatic heterocycles. The van der Waals surface area contributed by atoms with Crippen molar-refractivity contribution in [2.75, 3.05) is 4.90 Å². The Hall–Kier alpha value is -2.86. The fourth-order valence-electron chi connectivity index (χ4n) is 2.13. The molecule has 0 fully saturated rings. The van der Waals surface area contributed by atoms with Crippen molar-refractivity contribution in [1.82, 2.24) is 0 Å². The molecule has 0 atom stereocenters. The molecule has 2 aromatic carbocycles. The Labute approximate surface area is 111 Å². The summed E-state index contributed by atoms with van der Waals surface area (Å²) in [4.78, 5) is 5.98. The highest BCUT2D eigenvalue weighted by atomic mass is 15.1. The SMILES string of the molecule is N#Cc1c(N2C=CC=CN=C2)ccc2ccccc12. The second-order valence-electron chi connectivity index (χ2n) is 4.15. The van der Waals surface area contributed by atoms with E-state index in [1.165, 1.54) is 0 Å². The van der Waals surface area contributed by atoms with Gasteiger partial charge in [-0.05, 0) is 23.6 Å². The largest absolute Gasteiger partial charge is 0.307 e. The molecule has 0 radical (unpaired) electrons. The van der Waals surface area contributed by atoms with Crippen LogP contribution in [0.4, 0.5) is 5.69 Å². The quantitative estimate of drug-likeness (QED) is 0.770. The zero-order chi connectivity index (χ0) is 13.1. The average molecular weight is 245 g/mol. The van der Waals surface area contributed by atoms with Crippen LogP contribution in [0.5, 0.6) is 0 Å². The maximum Gasteiger partial charge on any atom is 0.102 e. The van der Waals surface area contributed by atoms with Gasteiger partial charge in [-0.2, -0.15) is 5.26 Å². The highest BCUT2D eigenvalue weighted by Gasteiger charge is 2.11. The normalized spacial score (nSPS) is 13.5. The summed E-state index contributed by atoms with van der Waals surface area (Å²) in [6.07, 6.45) is 9.04. The second kappa shape index (κ2) is 4.79. The maximum atomic E-state index is 9.46. The Kier molecular flexibility index (Phi) is 2.83. The predicted octanol–water partition coefficient (Wildman–Crippen LogP) is 3.59. The molecule has 1 heterocycles. The molecule has 3 rings (SSSR count). The van der Waals surface area contributed by atoms with E-state index in [1.807, 2.05) is 59.7 Å². The lowest BCUT2D eigenvalue weighted by atomic mass is 10.0. The van der Waals surface area contributed by atoms with E-state index in [0.29, 0.717) is 5.56 Å². The number of allylic oxidation sites excluding steroid dienone is 2. The second-order valence-corrected chi connectivity index (χ2v) is 4.15. The number of hydrogen-bond donors (Lipinski definition) is 0. The Morgan fingerprint density at radius 2 is 1.95 bits per heavy atom. The molecule has 0 unspecified atom stereocenters. The Morgan fingerprint density at radius 1 is 1.05 bits per heavy atom. The van der Waals surface area contributed by atoms with Crippen LogP contribution in [-0.4, -0.2) is 6.34 Å². The molecule has 0 saturated heterocycles. The van der Waals surface area contributed by atoms with Crippen LogP contribution in [0.1, 0.15) is 5.56 Å². The van der Waals surface area contributed by atoms with E-state index < -0.39 is 0 Å². The van der Waals surface area contributed by atoms with E-state index in [2.05, 4.69) is 11.1 Å². The van der Waals surface area contributed by atoms with E-state index >= 15 is 0 Å². The zero-order valence-corrected chi connectivity index (χ0v) is 10.2. The first-order chi connectivity index (χ1) is 9.40. The molecule has 0 N–H and O–H groups in total. The van der Waals surface area contributed by atoms with Gasteiger partial charge in [-0.1, -0.05) is 30.3 Å². The van der Waals surface area contributed by atoms with Crippen molar-refractivity contribution in [3.8, 4) is 6.07 Å². The first kappa shape index (κ1) is 11.2. The molecular formula is C16H11N3. The topological polar surface area (TPSA) is 39.4 Å². The Balaban J connectivity index is 2.22. The molecule has 3 heteroatoms. The average Bonchev–Trinajstić information content (AvgIpc) is 2.75. The summed E-state index contributed by atoms with van der Waals surface area (Å²) in [5, 5.41) is 11.5. The zero-order valence-electron chi connectivity index (χ0n) is 10.2. The van der Waals surface area contributed by atoms with Crippen LogP contribution in [0.3, 0.4) is 0 Å². The first-order valence-corrected chi connectivity index (χ1v) is 5.97. The van der Waals surface area contributed by atoms with E-state index in [9.17, 15) is 5.26 Å². The van der Waals surface area contributed by atoms with E-state index in [-0.39, 0.29) is 0 Å². The third kappa shape index (κ3) is 2.00. The maximum absolute atomic E-state index is 9.46. The van der Waals surface area contributed by atoms with Crippen LogP contribution in [0, 0.1) is 11.3 Å². The first-order valence-electron chi connectivity index (χ1n) is 5.97. The lowest BCUT2D eigenvalue weighted by molar-refractivity contribution is 1.36. The monoisotopic (exact) mass is 245 g/mol. The standard InChI is InChI=1S/C16H11N3/c17-11-15-14-6-2-1-5-13(14)7-8-16(15)19-10-4-3-9-18-12-19/h1-10,12H. The van der Waals surface area contributed by atoms with Gasteiger partial charge >= 0.3 is 0 Å². The molecule has 1 aliphatic rings. The lowest BCUT2D eigenvalue weighted by Gasteiger charge is -2.16. The molecule has 0 saturated carbocycles. The number of nitriles is 1. The summed E-state index contributed by atoms with van der Waals surface area (Å²) in [5.74, 6) is 0. The van der Waals surface area contributed by atoms with Crippen LogP contribution in [0.25, 0.3) is 10.8 Å². The third-order valence-electron chi connectivity index (χ3n) is 3.02. The molecule has 0 aromatic heterocycles. The molecule has 0 amide bonds. The minimum atomic E-state index is 0.663. The molecule has 19 heavy (non-hydrogen) atoms. The summed E-state index contributed by atoms with van der Waals surface area (Å²) in [6, 6.07) is 14.2. The van der Waals surface area contributed by atoms with Gasteiger partial charge in [-0.15, -0.1) is 0 Å². The summed E-state index contributed by atoms with van der Waals surface area (Å²) in [6.45, 7) is 0. The molecule has 0 aliphatic carbocycles. The number of benzene rings is 2. The summed E-state index contributed by atoms with van der Waals surface area (Å²) in [7, 11) is 0. The number of nitrogens with zero attached hydrogens (tertiary/aromatic N) is 3. The lowest BCUT2D eigenvalue weighted by Crippen LogP contribution is -2.13. The van der Waals surface area contributed by atoms with Gasteiger partial charge in [0, 0.05) is 17.8 Å². The van der Waals surface area contributed by atoms with Gasteiger partial charge in [0.25, 0.3) is 0 Å². The van der Waals surface area contributed by atoms with Gasteiger partial charge in [0.15, 0.2) is 0 Å². The molecule has 0 spiro atoms. The van der Waals surface area contributed by atoms with Gasteiger partial charge in [-0.25, -0.2) is 4.99 Å². The van der Waals surface area contributed by atoms with Gasteiger partial charge < -0.3 is 4.90 Å². The third-order valence-corrected chi connectivity index (χ3v) is 3.02. The fraction of sp³-hybridized carbons (Fsp3) is 0. The van der Waals surface area contributed by atoms with Crippen LogP contribution >= 0.6 is 0 Å². The fourth-order valence-corrected chi connectivity index (χ4v) is 2.13. The Morgan fingerprint density at radius 3 is 2.84 bits per heavy atom. The molecule has 3 nitrogen and oxygen atoms in total. The smallest absolute Gasteiger partial charge is 0.102 e. The summed E-state index contributed by atoms with van der Waals surface area (Å²) >= 11 is 0. The van der Waals surface area contributed by atoms with Gasteiger partial charge in [0.2, 0.25) is 0 Å². The van der Waals surface area contributed by atoms with Crippen molar-refractivity contribution in [3.05, 3.63) is 66.5 Å². The minimum absolute atomic E-state index is 0.663. The number of hydrogen-bond acceptors (Lipinski definition) is 3. The van der Waals surface area contributed by atoms with Gasteiger partial charge in [-0.3, -0.25) is 0 Å². The van der Waals surface area contributed by atoms with Crippen molar-refractivity contribution in [2.24, 2.45) is 4.99 Å². The van der Waals surface area contributed by atoms with Crippen molar-refractivity contribution < 1.29 is 0 Å². The molecule has 90 valence electrons. The number of aliphatic imine (C=N–C) groups is 1. The Bertz CT molecular complexity index is 732. The highest BCUT2D eigenvalue weighted by Crippen LogP contribution is 2.28. The molecule has 0 bridgehead atoms. The van der Waals surface area contributed by atoms with Crippen molar-refractivity contribution in [1.29, 1.82) is 5.26 Å². The van der Waals surface area contributed by atoms with Crippen molar-refractivity contribution in [3.63, 3.8) is 0 Å².